The highest BCUT2D eigenvalue weighted by molar-refractivity contribution is 7.92. The zero-order valence-corrected chi connectivity index (χ0v) is 16.2. The maximum absolute atomic E-state index is 12.9. The van der Waals surface area contributed by atoms with Crippen molar-refractivity contribution < 1.29 is 22.7 Å². The van der Waals surface area contributed by atoms with E-state index in [9.17, 15) is 13.2 Å². The lowest BCUT2D eigenvalue weighted by Gasteiger charge is -2.13. The Balaban J connectivity index is 2.03. The first kappa shape index (κ1) is 18.8. The average Bonchev–Trinajstić information content (AvgIpc) is 2.96. The number of amides is 1. The van der Waals surface area contributed by atoms with Gasteiger partial charge in [0, 0.05) is 22.9 Å². The third-order valence-corrected chi connectivity index (χ3v) is 5.56. The monoisotopic (exact) mass is 388 g/mol. The Morgan fingerprint density at radius 2 is 1.78 bits per heavy atom. The second-order valence-corrected chi connectivity index (χ2v) is 7.89. The molecule has 2 aromatic rings. The van der Waals surface area contributed by atoms with Crippen molar-refractivity contribution in [3.63, 3.8) is 0 Å². The fourth-order valence-corrected chi connectivity index (χ4v) is 3.99. The Morgan fingerprint density at radius 1 is 1.04 bits per heavy atom. The number of carbonyl (C=O) groups excluding carboxylic acids is 1. The van der Waals surface area contributed by atoms with Crippen molar-refractivity contribution in [3.05, 3.63) is 47.5 Å². The van der Waals surface area contributed by atoms with Gasteiger partial charge in [-0.05, 0) is 44.2 Å². The van der Waals surface area contributed by atoms with Crippen molar-refractivity contribution in [2.45, 2.75) is 18.7 Å². The number of anilines is 2. The van der Waals surface area contributed by atoms with Crippen molar-refractivity contribution in [2.75, 3.05) is 24.3 Å². The molecule has 0 spiro atoms. The van der Waals surface area contributed by atoms with Crippen LogP contribution in [-0.4, -0.2) is 28.5 Å². The molecule has 1 aliphatic rings. The van der Waals surface area contributed by atoms with E-state index in [1.165, 1.54) is 32.4 Å². The van der Waals surface area contributed by atoms with Gasteiger partial charge in [-0.3, -0.25) is 9.52 Å². The summed E-state index contributed by atoms with van der Waals surface area (Å²) in [5, 5.41) is 2.74. The summed E-state index contributed by atoms with van der Waals surface area (Å²) >= 11 is 0. The predicted octanol–water partition coefficient (Wildman–Crippen LogP) is 3.25. The van der Waals surface area contributed by atoms with E-state index in [0.717, 1.165) is 5.57 Å². The second kappa shape index (κ2) is 6.96. The second-order valence-electron chi connectivity index (χ2n) is 6.21. The first-order valence-electron chi connectivity index (χ1n) is 8.15. The molecule has 27 heavy (non-hydrogen) atoms. The number of rotatable bonds is 5. The molecule has 2 N–H and O–H groups in total. The summed E-state index contributed by atoms with van der Waals surface area (Å²) in [4.78, 5) is 12.2. The molecular weight excluding hydrogens is 368 g/mol. The number of benzene rings is 2. The largest absolute Gasteiger partial charge is 0.497 e. The Bertz CT molecular complexity index is 1050. The van der Waals surface area contributed by atoms with Crippen LogP contribution in [0.5, 0.6) is 11.5 Å². The van der Waals surface area contributed by atoms with Gasteiger partial charge in [-0.25, -0.2) is 8.42 Å². The Kier molecular flexibility index (Phi) is 4.84. The van der Waals surface area contributed by atoms with Gasteiger partial charge in [0.05, 0.1) is 24.8 Å². The van der Waals surface area contributed by atoms with E-state index in [0.29, 0.717) is 28.3 Å². The molecule has 1 amide bonds. The van der Waals surface area contributed by atoms with Gasteiger partial charge in [-0.1, -0.05) is 5.57 Å². The molecule has 2 aromatic carbocycles. The first-order valence-corrected chi connectivity index (χ1v) is 9.63. The molecule has 0 saturated carbocycles. The van der Waals surface area contributed by atoms with Crippen molar-refractivity contribution in [1.29, 1.82) is 0 Å². The number of hydrogen-bond donors (Lipinski definition) is 2. The Labute approximate surface area is 158 Å². The summed E-state index contributed by atoms with van der Waals surface area (Å²) in [5.41, 5.74) is 2.72. The van der Waals surface area contributed by atoms with Crippen molar-refractivity contribution in [2.24, 2.45) is 0 Å². The first-order chi connectivity index (χ1) is 12.8. The average molecular weight is 388 g/mol. The minimum Gasteiger partial charge on any atom is -0.497 e. The highest BCUT2D eigenvalue weighted by Crippen LogP contribution is 2.36. The Morgan fingerprint density at radius 3 is 2.41 bits per heavy atom. The topological polar surface area (TPSA) is 93.7 Å². The fourth-order valence-electron chi connectivity index (χ4n) is 2.91. The SMILES string of the molecule is COc1ccc(OC)c(NS(=O)(=O)c2ccc3c(c2)C(=C(C)C)C(=O)N3)c1. The number of nitrogens with one attached hydrogen (secondary N) is 2. The molecule has 0 saturated heterocycles. The van der Waals surface area contributed by atoms with Crippen LogP contribution in [0.2, 0.25) is 0 Å². The van der Waals surface area contributed by atoms with Crippen LogP contribution in [0.25, 0.3) is 5.57 Å². The molecular formula is C19H20N2O5S. The number of allylic oxidation sites excluding steroid dienone is 1. The fraction of sp³-hybridized carbons (Fsp3) is 0.211. The number of sulfonamides is 1. The van der Waals surface area contributed by atoms with E-state index in [1.807, 2.05) is 13.8 Å². The van der Waals surface area contributed by atoms with Crippen LogP contribution in [0.4, 0.5) is 11.4 Å². The van der Waals surface area contributed by atoms with E-state index >= 15 is 0 Å². The van der Waals surface area contributed by atoms with Crippen LogP contribution in [0.3, 0.4) is 0 Å². The lowest BCUT2D eigenvalue weighted by atomic mass is 10.0. The predicted molar refractivity (Wildman–Crippen MR) is 104 cm³/mol. The Hall–Kier alpha value is -3.00. The molecule has 0 aromatic heterocycles. The third kappa shape index (κ3) is 3.48. The highest BCUT2D eigenvalue weighted by Gasteiger charge is 2.27. The number of carbonyl (C=O) groups is 1. The minimum atomic E-state index is -3.91. The zero-order chi connectivity index (χ0) is 19.8. The maximum Gasteiger partial charge on any atom is 0.262 e. The molecule has 3 rings (SSSR count). The lowest BCUT2D eigenvalue weighted by molar-refractivity contribution is -0.110. The van der Waals surface area contributed by atoms with Gasteiger partial charge < -0.3 is 14.8 Å². The number of ether oxygens (including phenoxy) is 2. The van der Waals surface area contributed by atoms with Crippen LogP contribution in [0, 0.1) is 0 Å². The molecule has 1 aliphatic heterocycles. The number of hydrogen-bond acceptors (Lipinski definition) is 5. The van der Waals surface area contributed by atoms with Crippen molar-refractivity contribution in [1.82, 2.24) is 0 Å². The van der Waals surface area contributed by atoms with E-state index in [4.69, 9.17) is 9.47 Å². The molecule has 8 heteroatoms. The smallest absolute Gasteiger partial charge is 0.262 e. The normalized spacial score (nSPS) is 13.0. The van der Waals surface area contributed by atoms with Crippen molar-refractivity contribution >= 4 is 32.9 Å². The summed E-state index contributed by atoms with van der Waals surface area (Å²) in [6.07, 6.45) is 0. The van der Waals surface area contributed by atoms with Crippen LogP contribution in [0.1, 0.15) is 19.4 Å². The number of fused-ring (bicyclic) bond motifs is 1. The zero-order valence-electron chi connectivity index (χ0n) is 15.4. The van der Waals surface area contributed by atoms with Gasteiger partial charge in [-0.15, -0.1) is 0 Å². The van der Waals surface area contributed by atoms with Gasteiger partial charge in [0.15, 0.2) is 0 Å². The molecule has 0 radical (unpaired) electrons. The molecule has 142 valence electrons. The van der Waals surface area contributed by atoms with Crippen molar-refractivity contribution in [3.8, 4) is 11.5 Å². The summed E-state index contributed by atoms with van der Waals surface area (Å²) in [7, 11) is -0.963. The quantitative estimate of drug-likeness (QED) is 0.767. The van der Waals surface area contributed by atoms with E-state index in [1.54, 1.807) is 18.2 Å². The molecule has 7 nitrogen and oxygen atoms in total. The summed E-state index contributed by atoms with van der Waals surface area (Å²) in [6.45, 7) is 3.62. The molecule has 0 unspecified atom stereocenters. The molecule has 0 bridgehead atoms. The van der Waals surface area contributed by atoms with E-state index in [2.05, 4.69) is 10.0 Å². The van der Waals surface area contributed by atoms with Gasteiger partial charge in [0.25, 0.3) is 15.9 Å². The molecule has 0 aliphatic carbocycles. The molecule has 0 atom stereocenters. The summed E-state index contributed by atoms with van der Waals surface area (Å²) in [6, 6.07) is 9.34. The van der Waals surface area contributed by atoms with E-state index in [-0.39, 0.29) is 16.5 Å². The van der Waals surface area contributed by atoms with Gasteiger partial charge in [0.1, 0.15) is 11.5 Å². The lowest BCUT2D eigenvalue weighted by Crippen LogP contribution is -2.14. The highest BCUT2D eigenvalue weighted by atomic mass is 32.2. The third-order valence-electron chi connectivity index (χ3n) is 4.20. The maximum atomic E-state index is 12.9. The van der Waals surface area contributed by atoms with Crippen LogP contribution in [-0.2, 0) is 14.8 Å². The van der Waals surface area contributed by atoms with Gasteiger partial charge in [0.2, 0.25) is 0 Å². The summed E-state index contributed by atoms with van der Waals surface area (Å²) in [5.74, 6) is 0.619. The van der Waals surface area contributed by atoms with E-state index < -0.39 is 10.0 Å². The number of methoxy groups -OCH3 is 2. The summed E-state index contributed by atoms with van der Waals surface area (Å²) < 4.78 is 38.7. The van der Waals surface area contributed by atoms with Crippen LogP contribution >= 0.6 is 0 Å². The van der Waals surface area contributed by atoms with Crippen LogP contribution < -0.4 is 19.5 Å². The minimum absolute atomic E-state index is 0.0429. The molecule has 1 heterocycles. The van der Waals surface area contributed by atoms with Crippen LogP contribution in [0.15, 0.2) is 46.9 Å². The van der Waals surface area contributed by atoms with Gasteiger partial charge in [-0.2, -0.15) is 0 Å². The standard InChI is InChI=1S/C19H20N2O5S/c1-11(2)18-14-10-13(6-7-15(14)20-19(18)22)27(23,24)21-16-9-12(25-3)5-8-17(16)26-4/h5-10,21H,1-4H3,(H,20,22). The van der Waals surface area contributed by atoms with Gasteiger partial charge >= 0.3 is 0 Å². The molecule has 0 fully saturated rings.